The van der Waals surface area contributed by atoms with Gasteiger partial charge in [0.25, 0.3) is 0 Å². The average Bonchev–Trinajstić information content (AvgIpc) is 2.75. The molecule has 0 atom stereocenters. The molecule has 88 valence electrons. The molecule has 4 nitrogen and oxygen atoms in total. The maximum atomic E-state index is 11.6. The molecule has 1 aromatic rings. The summed E-state index contributed by atoms with van der Waals surface area (Å²) in [6.07, 6.45) is 0.315. The molecule has 1 aromatic heterocycles. The fraction of sp³-hybridized carbons (Fsp3) is 0.455. The molecule has 0 saturated carbocycles. The fourth-order valence-corrected chi connectivity index (χ4v) is 1.94. The molecule has 0 aliphatic rings. The van der Waals surface area contributed by atoms with E-state index in [1.54, 1.807) is 26.2 Å². The molecular formula is C11H14O4S. The number of ether oxygens (including phenoxy) is 2. The number of ketones is 1. The van der Waals surface area contributed by atoms with Gasteiger partial charge in [0.1, 0.15) is 0 Å². The lowest BCUT2D eigenvalue weighted by Crippen LogP contribution is -2.07. The molecule has 0 N–H and O–H groups in total. The zero-order valence-corrected chi connectivity index (χ0v) is 10.1. The molecule has 0 radical (unpaired) electrons. The summed E-state index contributed by atoms with van der Waals surface area (Å²) in [5, 5.41) is 0.694. The predicted octanol–water partition coefficient (Wildman–Crippen LogP) is 2.28. The third kappa shape index (κ3) is 3.66. The van der Waals surface area contributed by atoms with Gasteiger partial charge in [-0.05, 0) is 19.1 Å². The van der Waals surface area contributed by atoms with Gasteiger partial charge in [-0.2, -0.15) is 0 Å². The summed E-state index contributed by atoms with van der Waals surface area (Å²) in [5.74, 6) is -0.388. The van der Waals surface area contributed by atoms with Crippen LogP contribution in [0.1, 0.15) is 29.4 Å². The van der Waals surface area contributed by atoms with Crippen LogP contribution in [0.4, 0.5) is 0 Å². The number of hydrogen-bond donors (Lipinski definition) is 0. The van der Waals surface area contributed by atoms with Gasteiger partial charge in [0, 0.05) is 6.42 Å². The second-order valence-corrected chi connectivity index (χ2v) is 4.10. The maximum absolute atomic E-state index is 11.6. The van der Waals surface area contributed by atoms with Crippen LogP contribution in [-0.4, -0.2) is 25.5 Å². The van der Waals surface area contributed by atoms with Gasteiger partial charge in [-0.3, -0.25) is 9.59 Å². The Bertz CT molecular complexity index is 370. The van der Waals surface area contributed by atoms with E-state index < -0.39 is 0 Å². The molecule has 0 fully saturated rings. The standard InChI is InChI=1S/C11H14O4S/c1-3-15-10(13)6-4-8(12)9-5-7-11(14-2)16-9/h5,7H,3-4,6H2,1-2H3. The SMILES string of the molecule is CCOC(=O)CCC(=O)c1ccc(OC)s1. The minimum Gasteiger partial charge on any atom is -0.487 e. The number of carbonyl (C=O) groups excluding carboxylic acids is 2. The second kappa shape index (κ2) is 6.27. The Balaban J connectivity index is 2.43. The predicted molar refractivity (Wildman–Crippen MR) is 61.1 cm³/mol. The van der Waals surface area contributed by atoms with E-state index in [-0.39, 0.29) is 24.6 Å². The molecule has 0 spiro atoms. The van der Waals surface area contributed by atoms with Gasteiger partial charge in [0.2, 0.25) is 0 Å². The van der Waals surface area contributed by atoms with Crippen LogP contribution in [0.3, 0.4) is 0 Å². The number of thiophene rings is 1. The molecule has 0 amide bonds. The van der Waals surface area contributed by atoms with E-state index in [0.717, 1.165) is 0 Å². The zero-order valence-electron chi connectivity index (χ0n) is 9.32. The quantitative estimate of drug-likeness (QED) is 0.567. The first-order chi connectivity index (χ1) is 7.67. The molecule has 16 heavy (non-hydrogen) atoms. The molecule has 0 aliphatic heterocycles. The summed E-state index contributed by atoms with van der Waals surface area (Å²) in [4.78, 5) is 23.3. The lowest BCUT2D eigenvalue weighted by Gasteiger charge is -1.99. The Morgan fingerprint density at radius 3 is 2.62 bits per heavy atom. The Morgan fingerprint density at radius 2 is 2.06 bits per heavy atom. The van der Waals surface area contributed by atoms with Crippen molar-refractivity contribution in [2.24, 2.45) is 0 Å². The molecule has 5 heteroatoms. The third-order valence-corrected chi connectivity index (χ3v) is 3.01. The smallest absolute Gasteiger partial charge is 0.306 e. The monoisotopic (exact) mass is 242 g/mol. The van der Waals surface area contributed by atoms with Gasteiger partial charge in [-0.25, -0.2) is 0 Å². The average molecular weight is 242 g/mol. The van der Waals surface area contributed by atoms with Gasteiger partial charge in [0.05, 0.1) is 25.0 Å². The summed E-state index contributed by atoms with van der Waals surface area (Å²) >= 11 is 1.28. The minimum atomic E-state index is -0.334. The molecular weight excluding hydrogens is 228 g/mol. The van der Waals surface area contributed by atoms with E-state index in [9.17, 15) is 9.59 Å². The van der Waals surface area contributed by atoms with Crippen molar-refractivity contribution in [2.75, 3.05) is 13.7 Å². The second-order valence-electron chi connectivity index (χ2n) is 3.05. The largest absolute Gasteiger partial charge is 0.487 e. The number of carbonyl (C=O) groups is 2. The first kappa shape index (κ1) is 12.7. The topological polar surface area (TPSA) is 52.6 Å². The lowest BCUT2D eigenvalue weighted by molar-refractivity contribution is -0.143. The Morgan fingerprint density at radius 1 is 1.31 bits per heavy atom. The van der Waals surface area contributed by atoms with E-state index in [1.165, 1.54) is 11.3 Å². The molecule has 0 saturated heterocycles. The number of esters is 1. The molecule has 0 bridgehead atoms. The zero-order chi connectivity index (χ0) is 12.0. The van der Waals surface area contributed by atoms with Crippen LogP contribution in [0.2, 0.25) is 0 Å². The molecule has 0 aliphatic carbocycles. The highest BCUT2D eigenvalue weighted by Crippen LogP contribution is 2.25. The van der Waals surface area contributed by atoms with Crippen molar-refractivity contribution < 1.29 is 19.1 Å². The number of Topliss-reactive ketones (excluding diaryl/α,β-unsaturated/α-hetero) is 1. The van der Waals surface area contributed by atoms with Crippen molar-refractivity contribution in [3.8, 4) is 5.06 Å². The first-order valence-corrected chi connectivity index (χ1v) is 5.81. The van der Waals surface area contributed by atoms with Gasteiger partial charge in [0.15, 0.2) is 10.8 Å². The minimum absolute atomic E-state index is 0.0543. The van der Waals surface area contributed by atoms with Crippen molar-refractivity contribution >= 4 is 23.1 Å². The van der Waals surface area contributed by atoms with Gasteiger partial charge in [-0.1, -0.05) is 11.3 Å². The van der Waals surface area contributed by atoms with Crippen LogP contribution in [0.25, 0.3) is 0 Å². The van der Waals surface area contributed by atoms with Gasteiger partial charge >= 0.3 is 5.97 Å². The molecule has 0 unspecified atom stereocenters. The van der Waals surface area contributed by atoms with Crippen molar-refractivity contribution in [1.29, 1.82) is 0 Å². The van der Waals surface area contributed by atoms with Crippen molar-refractivity contribution in [2.45, 2.75) is 19.8 Å². The van der Waals surface area contributed by atoms with E-state index in [2.05, 4.69) is 0 Å². The van der Waals surface area contributed by atoms with Gasteiger partial charge in [-0.15, -0.1) is 0 Å². The lowest BCUT2D eigenvalue weighted by atomic mass is 10.2. The summed E-state index contributed by atoms with van der Waals surface area (Å²) < 4.78 is 9.73. The summed E-state index contributed by atoms with van der Waals surface area (Å²) in [7, 11) is 1.55. The summed E-state index contributed by atoms with van der Waals surface area (Å²) in [5.41, 5.74) is 0. The first-order valence-electron chi connectivity index (χ1n) is 5.00. The van der Waals surface area contributed by atoms with Crippen molar-refractivity contribution in [1.82, 2.24) is 0 Å². The van der Waals surface area contributed by atoms with E-state index in [4.69, 9.17) is 9.47 Å². The highest BCUT2D eigenvalue weighted by atomic mass is 32.1. The highest BCUT2D eigenvalue weighted by molar-refractivity contribution is 7.15. The molecule has 1 rings (SSSR count). The van der Waals surface area contributed by atoms with Crippen LogP contribution in [0.5, 0.6) is 5.06 Å². The Kier molecular flexibility index (Phi) is 4.98. The number of hydrogen-bond acceptors (Lipinski definition) is 5. The maximum Gasteiger partial charge on any atom is 0.306 e. The van der Waals surface area contributed by atoms with Crippen molar-refractivity contribution in [3.63, 3.8) is 0 Å². The van der Waals surface area contributed by atoms with Crippen LogP contribution in [0, 0.1) is 0 Å². The summed E-state index contributed by atoms with van der Waals surface area (Å²) in [6.45, 7) is 2.09. The Hall–Kier alpha value is -1.36. The summed E-state index contributed by atoms with van der Waals surface area (Å²) in [6, 6.07) is 3.44. The van der Waals surface area contributed by atoms with Crippen LogP contribution >= 0.6 is 11.3 Å². The molecule has 1 heterocycles. The van der Waals surface area contributed by atoms with Crippen LogP contribution in [0.15, 0.2) is 12.1 Å². The Labute approximate surface area is 98.2 Å². The fourth-order valence-electron chi connectivity index (χ4n) is 1.15. The van der Waals surface area contributed by atoms with E-state index >= 15 is 0 Å². The highest BCUT2D eigenvalue weighted by Gasteiger charge is 2.12. The normalized spacial score (nSPS) is 9.88. The number of methoxy groups -OCH3 is 1. The van der Waals surface area contributed by atoms with Crippen LogP contribution < -0.4 is 4.74 Å². The third-order valence-electron chi connectivity index (χ3n) is 1.92. The van der Waals surface area contributed by atoms with Gasteiger partial charge < -0.3 is 9.47 Å². The van der Waals surface area contributed by atoms with Crippen molar-refractivity contribution in [3.05, 3.63) is 17.0 Å². The van der Waals surface area contributed by atoms with E-state index in [1.807, 2.05) is 0 Å². The van der Waals surface area contributed by atoms with E-state index in [0.29, 0.717) is 16.5 Å². The number of rotatable bonds is 6. The molecule has 0 aromatic carbocycles. The van der Waals surface area contributed by atoms with Crippen LogP contribution in [-0.2, 0) is 9.53 Å².